The van der Waals surface area contributed by atoms with Gasteiger partial charge in [0, 0.05) is 19.8 Å². The van der Waals surface area contributed by atoms with Crippen molar-refractivity contribution in [1.82, 2.24) is 5.32 Å². The molecule has 0 radical (unpaired) electrons. The first kappa shape index (κ1) is 17.9. The predicted molar refractivity (Wildman–Crippen MR) is 82.0 cm³/mol. The maximum Gasteiger partial charge on any atom is 0.0897 e. The van der Waals surface area contributed by atoms with Crippen molar-refractivity contribution in [3.8, 4) is 0 Å². The molecule has 4 nitrogen and oxygen atoms in total. The SMILES string of the molecule is CCCCOCCCNCC(O)COC1CCCCC1. The van der Waals surface area contributed by atoms with Crippen LogP contribution in [0.1, 0.15) is 58.3 Å². The molecule has 0 bridgehead atoms. The molecule has 1 fully saturated rings. The second-order valence-corrected chi connectivity index (χ2v) is 5.77. The van der Waals surface area contributed by atoms with E-state index in [4.69, 9.17) is 9.47 Å². The van der Waals surface area contributed by atoms with Gasteiger partial charge < -0.3 is 19.9 Å². The Balaban J connectivity index is 1.83. The lowest BCUT2D eigenvalue weighted by atomic mass is 9.98. The molecule has 1 aliphatic carbocycles. The lowest BCUT2D eigenvalue weighted by Gasteiger charge is -2.23. The summed E-state index contributed by atoms with van der Waals surface area (Å²) in [6.07, 6.45) is 9.53. The van der Waals surface area contributed by atoms with Gasteiger partial charge in [0.05, 0.1) is 18.8 Å². The van der Waals surface area contributed by atoms with Gasteiger partial charge in [-0.3, -0.25) is 0 Å². The molecule has 1 rings (SSSR count). The molecule has 0 aliphatic heterocycles. The van der Waals surface area contributed by atoms with Crippen molar-refractivity contribution in [3.63, 3.8) is 0 Å². The minimum absolute atomic E-state index is 0.380. The number of unbranched alkanes of at least 4 members (excludes halogenated alkanes) is 1. The van der Waals surface area contributed by atoms with E-state index in [1.807, 2.05) is 0 Å². The van der Waals surface area contributed by atoms with Crippen LogP contribution in [0.5, 0.6) is 0 Å². The zero-order chi connectivity index (χ0) is 14.5. The zero-order valence-electron chi connectivity index (χ0n) is 13.1. The second-order valence-electron chi connectivity index (χ2n) is 5.77. The minimum Gasteiger partial charge on any atom is -0.389 e. The van der Waals surface area contributed by atoms with Crippen molar-refractivity contribution in [2.24, 2.45) is 0 Å². The van der Waals surface area contributed by atoms with Gasteiger partial charge in [0.25, 0.3) is 0 Å². The summed E-state index contributed by atoms with van der Waals surface area (Å²) in [5.41, 5.74) is 0. The van der Waals surface area contributed by atoms with Crippen molar-refractivity contribution in [2.75, 3.05) is 32.9 Å². The van der Waals surface area contributed by atoms with Crippen LogP contribution in [0.4, 0.5) is 0 Å². The molecule has 4 heteroatoms. The minimum atomic E-state index is -0.391. The van der Waals surface area contributed by atoms with E-state index in [-0.39, 0.29) is 0 Å². The highest BCUT2D eigenvalue weighted by atomic mass is 16.5. The largest absolute Gasteiger partial charge is 0.389 e. The number of aliphatic hydroxyl groups excluding tert-OH is 1. The Kier molecular flexibility index (Phi) is 11.2. The highest BCUT2D eigenvalue weighted by Crippen LogP contribution is 2.20. The molecule has 0 aromatic rings. The van der Waals surface area contributed by atoms with Gasteiger partial charge in [0.2, 0.25) is 0 Å². The third-order valence-corrected chi connectivity index (χ3v) is 3.74. The van der Waals surface area contributed by atoms with E-state index in [1.54, 1.807) is 0 Å². The molecule has 0 amide bonds. The molecule has 20 heavy (non-hydrogen) atoms. The van der Waals surface area contributed by atoms with Crippen LogP contribution in [0.25, 0.3) is 0 Å². The maximum absolute atomic E-state index is 9.83. The quantitative estimate of drug-likeness (QED) is 0.542. The van der Waals surface area contributed by atoms with Crippen molar-refractivity contribution >= 4 is 0 Å². The Morgan fingerprint density at radius 3 is 2.65 bits per heavy atom. The highest BCUT2D eigenvalue weighted by molar-refractivity contribution is 4.67. The summed E-state index contributed by atoms with van der Waals surface area (Å²) >= 11 is 0. The van der Waals surface area contributed by atoms with Crippen LogP contribution < -0.4 is 5.32 Å². The third-order valence-electron chi connectivity index (χ3n) is 3.74. The number of ether oxygens (including phenoxy) is 2. The fourth-order valence-electron chi connectivity index (χ4n) is 2.45. The number of rotatable bonds is 12. The van der Waals surface area contributed by atoms with Gasteiger partial charge in [0.15, 0.2) is 0 Å². The summed E-state index contributed by atoms with van der Waals surface area (Å²) in [7, 11) is 0. The van der Waals surface area contributed by atoms with Gasteiger partial charge in [-0.15, -0.1) is 0 Å². The Morgan fingerprint density at radius 1 is 1.15 bits per heavy atom. The summed E-state index contributed by atoms with van der Waals surface area (Å²) in [5, 5.41) is 13.1. The Bertz CT molecular complexity index is 208. The lowest BCUT2D eigenvalue weighted by molar-refractivity contribution is -0.0230. The number of aliphatic hydroxyl groups is 1. The third kappa shape index (κ3) is 9.70. The first-order valence-corrected chi connectivity index (χ1v) is 8.41. The van der Waals surface area contributed by atoms with Crippen molar-refractivity contribution in [2.45, 2.75) is 70.5 Å². The average Bonchev–Trinajstić information content (AvgIpc) is 2.49. The fourth-order valence-corrected chi connectivity index (χ4v) is 2.45. The standard InChI is InChI=1S/C16H33NO3/c1-2-3-11-19-12-7-10-17-13-15(18)14-20-16-8-5-4-6-9-16/h15-18H,2-14H2,1H3. The van der Waals surface area contributed by atoms with Crippen LogP contribution >= 0.6 is 0 Å². The molecular formula is C16H33NO3. The van der Waals surface area contributed by atoms with Gasteiger partial charge in [0.1, 0.15) is 0 Å². The van der Waals surface area contributed by atoms with Gasteiger partial charge in [-0.25, -0.2) is 0 Å². The second kappa shape index (κ2) is 12.6. The molecular weight excluding hydrogens is 254 g/mol. The van der Waals surface area contributed by atoms with Crippen LogP contribution in [0.3, 0.4) is 0 Å². The molecule has 1 atom stereocenters. The Hall–Kier alpha value is -0.160. The number of hydrogen-bond acceptors (Lipinski definition) is 4. The molecule has 1 aliphatic rings. The van der Waals surface area contributed by atoms with Crippen molar-refractivity contribution in [3.05, 3.63) is 0 Å². The van der Waals surface area contributed by atoms with E-state index in [2.05, 4.69) is 12.2 Å². The van der Waals surface area contributed by atoms with E-state index in [1.165, 1.54) is 25.7 Å². The Labute approximate surface area is 124 Å². The predicted octanol–water partition coefficient (Wildman–Crippen LogP) is 2.49. The molecule has 120 valence electrons. The van der Waals surface area contributed by atoms with Gasteiger partial charge in [-0.05, 0) is 32.2 Å². The van der Waals surface area contributed by atoms with Crippen LogP contribution in [0.2, 0.25) is 0 Å². The summed E-state index contributed by atoms with van der Waals surface area (Å²) in [6.45, 7) is 5.82. The van der Waals surface area contributed by atoms with Crippen LogP contribution in [-0.2, 0) is 9.47 Å². The summed E-state index contributed by atoms with van der Waals surface area (Å²) in [5.74, 6) is 0. The van der Waals surface area contributed by atoms with Gasteiger partial charge >= 0.3 is 0 Å². The first-order valence-electron chi connectivity index (χ1n) is 8.41. The molecule has 0 aromatic carbocycles. The summed E-state index contributed by atoms with van der Waals surface area (Å²) < 4.78 is 11.2. The van der Waals surface area contributed by atoms with Crippen molar-refractivity contribution < 1.29 is 14.6 Å². The lowest BCUT2D eigenvalue weighted by Crippen LogP contribution is -2.33. The van der Waals surface area contributed by atoms with Crippen LogP contribution in [0, 0.1) is 0 Å². The maximum atomic E-state index is 9.83. The van der Waals surface area contributed by atoms with E-state index < -0.39 is 6.10 Å². The smallest absolute Gasteiger partial charge is 0.0897 e. The summed E-state index contributed by atoms with van der Waals surface area (Å²) in [4.78, 5) is 0. The topological polar surface area (TPSA) is 50.7 Å². The van der Waals surface area contributed by atoms with E-state index in [0.717, 1.165) is 45.4 Å². The van der Waals surface area contributed by atoms with Gasteiger partial charge in [-0.2, -0.15) is 0 Å². The monoisotopic (exact) mass is 287 g/mol. The number of hydrogen-bond donors (Lipinski definition) is 2. The molecule has 0 spiro atoms. The molecule has 2 N–H and O–H groups in total. The van der Waals surface area contributed by atoms with Crippen LogP contribution in [-0.4, -0.2) is 50.2 Å². The molecule has 0 heterocycles. The fraction of sp³-hybridized carbons (Fsp3) is 1.00. The zero-order valence-corrected chi connectivity index (χ0v) is 13.1. The van der Waals surface area contributed by atoms with E-state index >= 15 is 0 Å². The molecule has 1 saturated carbocycles. The van der Waals surface area contributed by atoms with Crippen molar-refractivity contribution in [1.29, 1.82) is 0 Å². The van der Waals surface area contributed by atoms with Crippen LogP contribution in [0.15, 0.2) is 0 Å². The Morgan fingerprint density at radius 2 is 1.90 bits per heavy atom. The number of nitrogens with one attached hydrogen (secondary N) is 1. The average molecular weight is 287 g/mol. The molecule has 1 unspecified atom stereocenters. The van der Waals surface area contributed by atoms with E-state index in [0.29, 0.717) is 19.3 Å². The summed E-state index contributed by atoms with van der Waals surface area (Å²) in [6, 6.07) is 0. The normalized spacial score (nSPS) is 18.3. The first-order chi connectivity index (χ1) is 9.83. The van der Waals surface area contributed by atoms with Gasteiger partial charge in [-0.1, -0.05) is 32.6 Å². The van der Waals surface area contributed by atoms with E-state index in [9.17, 15) is 5.11 Å². The highest BCUT2D eigenvalue weighted by Gasteiger charge is 2.15. The molecule has 0 aromatic heterocycles. The molecule has 0 saturated heterocycles.